The van der Waals surface area contributed by atoms with Gasteiger partial charge in [0.15, 0.2) is 0 Å². The third-order valence-electron chi connectivity index (χ3n) is 4.68. The molecule has 8 heteroatoms. The molecule has 0 spiro atoms. The number of ether oxygens (including phenoxy) is 1. The predicted molar refractivity (Wildman–Crippen MR) is 104 cm³/mol. The molecule has 2 aromatic carbocycles. The number of alkyl halides is 3. The highest BCUT2D eigenvalue weighted by molar-refractivity contribution is 7.84. The summed E-state index contributed by atoms with van der Waals surface area (Å²) in [5.74, 6) is -0.330. The Balaban J connectivity index is 1.80. The van der Waals surface area contributed by atoms with Gasteiger partial charge >= 0.3 is 12.1 Å². The van der Waals surface area contributed by atoms with Crippen molar-refractivity contribution in [2.45, 2.75) is 30.0 Å². The van der Waals surface area contributed by atoms with E-state index in [1.165, 1.54) is 18.3 Å². The monoisotopic (exact) mass is 421 g/mol. The summed E-state index contributed by atoms with van der Waals surface area (Å²) < 4.78 is 55.1. The normalized spacial score (nSPS) is 19.7. The number of benzene rings is 2. The fourth-order valence-electron chi connectivity index (χ4n) is 3.00. The van der Waals surface area contributed by atoms with E-state index in [-0.39, 0.29) is 5.57 Å². The number of aliphatic imine (C=N–C) groups is 1. The van der Waals surface area contributed by atoms with Crippen molar-refractivity contribution in [3.05, 3.63) is 71.3 Å². The van der Waals surface area contributed by atoms with Crippen LogP contribution in [-0.2, 0) is 27.3 Å². The molecule has 152 valence electrons. The van der Waals surface area contributed by atoms with Crippen LogP contribution in [0.3, 0.4) is 0 Å². The first-order valence-electron chi connectivity index (χ1n) is 8.76. The van der Waals surface area contributed by atoms with Crippen molar-refractivity contribution in [2.24, 2.45) is 4.99 Å². The summed E-state index contributed by atoms with van der Waals surface area (Å²) in [7, 11) is -1.14. The van der Waals surface area contributed by atoms with Gasteiger partial charge in [-0.25, -0.2) is 4.79 Å². The summed E-state index contributed by atoms with van der Waals surface area (Å²) >= 11 is 0. The van der Waals surface area contributed by atoms with E-state index in [4.69, 9.17) is 4.74 Å². The predicted octanol–water partition coefficient (Wildman–Crippen LogP) is 4.66. The molecule has 2 atom stereocenters. The van der Waals surface area contributed by atoms with Crippen molar-refractivity contribution in [2.75, 3.05) is 6.26 Å². The van der Waals surface area contributed by atoms with E-state index >= 15 is 0 Å². The van der Waals surface area contributed by atoms with Gasteiger partial charge in [-0.05, 0) is 54.5 Å². The van der Waals surface area contributed by atoms with Gasteiger partial charge in [0.05, 0.1) is 11.1 Å². The van der Waals surface area contributed by atoms with Crippen LogP contribution in [0.25, 0.3) is 0 Å². The average Bonchev–Trinajstić information content (AvgIpc) is 3.14. The molecular formula is C21H18F3NO3S. The summed E-state index contributed by atoms with van der Waals surface area (Å²) in [5.41, 5.74) is -0.882. The lowest BCUT2D eigenvalue weighted by atomic mass is 9.87. The first-order valence-corrected chi connectivity index (χ1v) is 10.3. The maximum atomic E-state index is 12.8. The van der Waals surface area contributed by atoms with E-state index in [0.29, 0.717) is 22.6 Å². The van der Waals surface area contributed by atoms with Crippen LogP contribution in [0, 0.1) is 0 Å². The molecule has 0 aromatic heterocycles. The molecule has 0 saturated heterocycles. The third-order valence-corrected chi connectivity index (χ3v) is 5.62. The number of halogens is 3. The van der Waals surface area contributed by atoms with Crippen molar-refractivity contribution >= 4 is 23.0 Å². The highest BCUT2D eigenvalue weighted by atomic mass is 32.2. The molecule has 0 radical (unpaired) electrons. The Bertz CT molecular complexity index is 995. The van der Waals surface area contributed by atoms with Gasteiger partial charge in [0, 0.05) is 28.2 Å². The number of nitrogens with zero attached hydrogens (tertiary/aromatic N) is 1. The molecule has 29 heavy (non-hydrogen) atoms. The summed E-state index contributed by atoms with van der Waals surface area (Å²) in [4.78, 5) is 17.5. The van der Waals surface area contributed by atoms with Crippen LogP contribution < -0.4 is 4.74 Å². The highest BCUT2D eigenvalue weighted by Crippen LogP contribution is 2.37. The molecule has 1 aliphatic heterocycles. The van der Waals surface area contributed by atoms with Gasteiger partial charge in [0.1, 0.15) is 11.3 Å². The van der Waals surface area contributed by atoms with Crippen LogP contribution in [0.15, 0.2) is 70.1 Å². The van der Waals surface area contributed by atoms with Crippen LogP contribution in [0.4, 0.5) is 13.2 Å². The molecule has 1 heterocycles. The van der Waals surface area contributed by atoms with Gasteiger partial charge in [-0.3, -0.25) is 9.20 Å². The quantitative estimate of drug-likeness (QED) is 0.521. The van der Waals surface area contributed by atoms with Crippen molar-refractivity contribution in [3.63, 3.8) is 0 Å². The fraction of sp³-hybridized carbons (Fsp3) is 0.238. The minimum atomic E-state index is -4.42. The van der Waals surface area contributed by atoms with Crippen LogP contribution in [0.2, 0.25) is 0 Å². The number of hydrogen-bond donors (Lipinski definition) is 0. The van der Waals surface area contributed by atoms with Gasteiger partial charge in [-0.1, -0.05) is 19.1 Å². The smallest absolute Gasteiger partial charge is 0.416 e. The second-order valence-corrected chi connectivity index (χ2v) is 7.91. The lowest BCUT2D eigenvalue weighted by molar-refractivity contribution is -0.137. The largest absolute Gasteiger partial charge is 0.423 e. The minimum absolute atomic E-state index is 0.217. The number of carbonyl (C=O) groups excluding carboxylic acids is 1. The molecule has 2 unspecified atom stereocenters. The van der Waals surface area contributed by atoms with E-state index < -0.39 is 34.0 Å². The van der Waals surface area contributed by atoms with E-state index in [2.05, 4.69) is 4.99 Å². The van der Waals surface area contributed by atoms with E-state index in [1.807, 2.05) is 6.92 Å². The molecule has 3 rings (SSSR count). The Kier molecular flexibility index (Phi) is 5.75. The van der Waals surface area contributed by atoms with Gasteiger partial charge < -0.3 is 4.74 Å². The maximum Gasteiger partial charge on any atom is 0.416 e. The zero-order valence-corrected chi connectivity index (χ0v) is 16.5. The molecule has 1 aliphatic rings. The minimum Gasteiger partial charge on any atom is -0.423 e. The number of hydrogen-bond acceptors (Lipinski definition) is 4. The molecule has 0 bridgehead atoms. The summed E-state index contributed by atoms with van der Waals surface area (Å²) in [6, 6.07) is 11.1. The first kappa shape index (κ1) is 21.0. The van der Waals surface area contributed by atoms with Gasteiger partial charge in [-0.2, -0.15) is 13.2 Å². The number of carbonyl (C=O) groups is 1. The molecule has 0 aliphatic carbocycles. The molecule has 0 saturated carbocycles. The van der Waals surface area contributed by atoms with Crippen molar-refractivity contribution in [1.82, 2.24) is 0 Å². The molecule has 0 amide bonds. The first-order chi connectivity index (χ1) is 13.6. The SMILES string of the molecule is CCC1(c2ccc(C(F)(F)F)cc2)C=C(C(=O)Oc2ccc(S(C)=O)cc2)C=N1. The lowest BCUT2D eigenvalue weighted by Crippen LogP contribution is -2.19. The summed E-state index contributed by atoms with van der Waals surface area (Å²) in [6.07, 6.45) is 0.572. The third kappa shape index (κ3) is 4.48. The zero-order chi connectivity index (χ0) is 21.2. The Labute approximate surface area is 168 Å². The van der Waals surface area contributed by atoms with E-state index in [1.54, 1.807) is 36.6 Å². The zero-order valence-electron chi connectivity index (χ0n) is 15.7. The molecule has 2 aromatic rings. The second kappa shape index (κ2) is 7.94. The Morgan fingerprint density at radius 1 is 1.10 bits per heavy atom. The average molecular weight is 421 g/mol. The van der Waals surface area contributed by atoms with Crippen LogP contribution in [-0.4, -0.2) is 22.6 Å². The van der Waals surface area contributed by atoms with Gasteiger partial charge in [0.25, 0.3) is 0 Å². The Morgan fingerprint density at radius 2 is 1.72 bits per heavy atom. The van der Waals surface area contributed by atoms with Gasteiger partial charge in [0.2, 0.25) is 0 Å². The molecule has 0 fully saturated rings. The fourth-order valence-corrected chi connectivity index (χ4v) is 3.52. The standard InChI is InChI=1S/C21H18F3NO3S/c1-3-20(15-4-6-16(7-5-15)21(22,23)24)12-14(13-25-20)19(26)28-17-8-10-18(11-9-17)29(2)27/h4-13H,3H2,1-2H3. The Morgan fingerprint density at radius 3 is 2.24 bits per heavy atom. The lowest BCUT2D eigenvalue weighted by Gasteiger charge is -2.23. The van der Waals surface area contributed by atoms with E-state index in [0.717, 1.165) is 12.1 Å². The van der Waals surface area contributed by atoms with Crippen molar-refractivity contribution < 1.29 is 26.9 Å². The number of esters is 1. The summed E-state index contributed by atoms with van der Waals surface area (Å²) in [6.45, 7) is 1.84. The van der Waals surface area contributed by atoms with Crippen LogP contribution in [0.5, 0.6) is 5.75 Å². The highest BCUT2D eigenvalue weighted by Gasteiger charge is 2.35. The summed E-state index contributed by atoms with van der Waals surface area (Å²) in [5, 5.41) is 0. The van der Waals surface area contributed by atoms with Gasteiger partial charge in [-0.15, -0.1) is 0 Å². The Hall–Kier alpha value is -2.74. The molecule has 0 N–H and O–H groups in total. The van der Waals surface area contributed by atoms with Crippen molar-refractivity contribution in [1.29, 1.82) is 0 Å². The van der Waals surface area contributed by atoms with Crippen LogP contribution >= 0.6 is 0 Å². The van der Waals surface area contributed by atoms with E-state index in [9.17, 15) is 22.2 Å². The number of rotatable bonds is 5. The second-order valence-electron chi connectivity index (χ2n) is 6.53. The van der Waals surface area contributed by atoms with Crippen LogP contribution in [0.1, 0.15) is 24.5 Å². The maximum absolute atomic E-state index is 12.8. The topological polar surface area (TPSA) is 55.7 Å². The molecule has 4 nitrogen and oxygen atoms in total. The molecular weight excluding hydrogens is 403 g/mol. The van der Waals surface area contributed by atoms with Crippen molar-refractivity contribution in [3.8, 4) is 5.75 Å².